The van der Waals surface area contributed by atoms with Crippen LogP contribution in [0.1, 0.15) is 113 Å². The highest BCUT2D eigenvalue weighted by atomic mass is 32.2. The topological polar surface area (TPSA) is 237 Å². The van der Waals surface area contributed by atoms with Gasteiger partial charge in [0, 0.05) is 55.9 Å². The molecule has 1 aromatic carbocycles. The van der Waals surface area contributed by atoms with E-state index in [1.54, 1.807) is 67.5 Å². The number of esters is 1. The number of amides is 1. The van der Waals surface area contributed by atoms with Crippen molar-refractivity contribution in [3.8, 4) is 0 Å². The fourth-order valence-corrected chi connectivity index (χ4v) is 11.9. The van der Waals surface area contributed by atoms with Crippen molar-refractivity contribution >= 4 is 22.7 Å². The van der Waals surface area contributed by atoms with E-state index in [0.29, 0.717) is 13.0 Å². The first-order chi connectivity index (χ1) is 32.9. The van der Waals surface area contributed by atoms with E-state index in [-0.39, 0.29) is 48.6 Å². The van der Waals surface area contributed by atoms with Crippen molar-refractivity contribution in [3.63, 3.8) is 0 Å². The standard InChI is InChI=1S/C50H84F3N3O14S/c1-14-37-50(10,64)42(60)30(6)56(12)25-26(2)22-48(8,63)44(28(4)39(29(5)45(62)69-37)36-23-49(9,66-13)43(61)31(7)68-36)70-46-41(59)35(21-27(3)67-46)55(11)20-19-38(57)54-34(24-51)40(58)32-15-17-33(18-16-32)71(65)47(52)53/h15-18,26-31,34-37,39-44,46-47,58-61,63-64H,14,19-25H2,1-13H3,(H,54,57)/t26-,27-,28+,29-,30-,31+,34-,35+,36?,37-,39?,40-,41-,42-,43+,44-,46+,48-,49-,50-,71?/m1/s1. The van der Waals surface area contributed by atoms with Crippen LogP contribution in [-0.2, 0) is 44.1 Å². The molecule has 0 bridgehead atoms. The average Bonchev–Trinajstić information content (AvgIpc) is 3.31. The Morgan fingerprint density at radius 2 is 1.63 bits per heavy atom. The van der Waals surface area contributed by atoms with Gasteiger partial charge in [0.1, 0.15) is 53.6 Å². The Morgan fingerprint density at radius 1 is 1.01 bits per heavy atom. The van der Waals surface area contributed by atoms with Gasteiger partial charge in [-0.2, -0.15) is 8.78 Å². The number of ether oxygens (including phenoxy) is 5. The Balaban J connectivity index is 1.66. The van der Waals surface area contributed by atoms with Crippen LogP contribution in [0.3, 0.4) is 0 Å². The molecule has 0 spiro atoms. The van der Waals surface area contributed by atoms with Crippen LogP contribution in [0.25, 0.3) is 0 Å². The summed E-state index contributed by atoms with van der Waals surface area (Å²) in [7, 11) is 2.39. The maximum absolute atomic E-state index is 14.6. The molecule has 3 fully saturated rings. The summed E-state index contributed by atoms with van der Waals surface area (Å²) in [6, 6.07) is 2.07. The van der Waals surface area contributed by atoms with Crippen molar-refractivity contribution in [2.45, 2.75) is 208 Å². The first kappa shape index (κ1) is 61.2. The van der Waals surface area contributed by atoms with E-state index in [4.69, 9.17) is 23.7 Å². The molecule has 17 nitrogen and oxygen atoms in total. The summed E-state index contributed by atoms with van der Waals surface area (Å²) in [4.78, 5) is 31.2. The minimum Gasteiger partial charge on any atom is -0.459 e. The molecule has 3 unspecified atom stereocenters. The Kier molecular flexibility index (Phi) is 21.9. The van der Waals surface area contributed by atoms with Crippen LogP contribution in [0.5, 0.6) is 0 Å². The maximum Gasteiger partial charge on any atom is 0.316 e. The molecule has 1 aromatic rings. The van der Waals surface area contributed by atoms with Crippen LogP contribution in [0, 0.1) is 23.7 Å². The Bertz CT molecular complexity index is 1890. The van der Waals surface area contributed by atoms with E-state index in [9.17, 15) is 57.6 Å². The lowest BCUT2D eigenvalue weighted by molar-refractivity contribution is -0.302. The number of carbonyl (C=O) groups is 2. The molecule has 410 valence electrons. The zero-order valence-corrected chi connectivity index (χ0v) is 44.6. The predicted molar refractivity (Wildman–Crippen MR) is 258 cm³/mol. The van der Waals surface area contributed by atoms with E-state index >= 15 is 0 Å². The Labute approximate surface area is 420 Å². The minimum absolute atomic E-state index is 0.0562. The third kappa shape index (κ3) is 14.5. The van der Waals surface area contributed by atoms with Crippen molar-refractivity contribution in [1.82, 2.24) is 15.1 Å². The molecule has 3 aliphatic rings. The fraction of sp³-hybridized carbons (Fsp3) is 0.840. The molecule has 3 saturated heterocycles. The van der Waals surface area contributed by atoms with Gasteiger partial charge in [0.15, 0.2) is 6.29 Å². The number of alkyl halides is 3. The highest BCUT2D eigenvalue weighted by Gasteiger charge is 2.55. The van der Waals surface area contributed by atoms with Crippen LogP contribution in [0.2, 0.25) is 0 Å². The number of hydrogen-bond acceptors (Lipinski definition) is 16. The molecular formula is C50H84F3N3O14S. The first-order valence-corrected chi connectivity index (χ1v) is 26.1. The zero-order valence-electron chi connectivity index (χ0n) is 43.7. The lowest BCUT2D eigenvalue weighted by Crippen LogP contribution is -2.62. The molecule has 7 N–H and O–H groups in total. The van der Waals surface area contributed by atoms with Crippen LogP contribution in [0.15, 0.2) is 29.2 Å². The molecule has 0 aliphatic carbocycles. The average molecular weight is 1040 g/mol. The van der Waals surface area contributed by atoms with Crippen LogP contribution in [0.4, 0.5) is 13.2 Å². The van der Waals surface area contributed by atoms with E-state index in [1.807, 2.05) is 18.7 Å². The molecule has 0 saturated carbocycles. The third-order valence-electron chi connectivity index (χ3n) is 15.7. The number of benzene rings is 1. The van der Waals surface area contributed by atoms with Gasteiger partial charge < -0.3 is 69.4 Å². The van der Waals surface area contributed by atoms with Gasteiger partial charge in [-0.25, -0.2) is 8.60 Å². The second-order valence-corrected chi connectivity index (χ2v) is 22.8. The van der Waals surface area contributed by atoms with Gasteiger partial charge in [-0.3, -0.25) is 9.59 Å². The Morgan fingerprint density at radius 3 is 2.20 bits per heavy atom. The number of rotatable bonds is 15. The van der Waals surface area contributed by atoms with Crippen LogP contribution < -0.4 is 5.32 Å². The number of aliphatic hydroxyl groups excluding tert-OH is 4. The van der Waals surface area contributed by atoms with Gasteiger partial charge in [0.25, 0.3) is 0 Å². The van der Waals surface area contributed by atoms with Crippen molar-refractivity contribution in [2.24, 2.45) is 23.7 Å². The zero-order chi connectivity index (χ0) is 53.7. The van der Waals surface area contributed by atoms with E-state index in [1.165, 1.54) is 26.2 Å². The molecule has 21 atom stereocenters. The molecule has 3 heterocycles. The molecular weight excluding hydrogens is 956 g/mol. The minimum atomic E-state index is -3.11. The SMILES string of the molecule is CC[C@H]1OC(=O)[C@H](C)C(C2C[C@@](C)(OC)[C@@H](O)[C@H](C)O2)[C@H](C)[C@@H](O[C@@H]2O[C@H](C)C[C@H](N(C)CCC(=O)N[C@H](CF)[C@H](O)c3ccc(S(=O)C(F)F)cc3)[C@H]2O)[C@](C)(O)C[C@@H](C)CN(C)[C@H](C)[C@@H](O)[C@]1(C)O. The van der Waals surface area contributed by atoms with Gasteiger partial charge in [0.05, 0.1) is 47.6 Å². The number of aliphatic hydroxyl groups is 6. The second-order valence-electron chi connectivity index (χ2n) is 21.4. The van der Waals surface area contributed by atoms with Gasteiger partial charge in [0.2, 0.25) is 5.91 Å². The summed E-state index contributed by atoms with van der Waals surface area (Å²) < 4.78 is 83.7. The summed E-state index contributed by atoms with van der Waals surface area (Å²) in [6.45, 7) is 16.5. The van der Waals surface area contributed by atoms with E-state index in [0.717, 1.165) is 12.1 Å². The largest absolute Gasteiger partial charge is 0.459 e. The van der Waals surface area contributed by atoms with Crippen molar-refractivity contribution in [3.05, 3.63) is 29.8 Å². The van der Waals surface area contributed by atoms with Crippen molar-refractivity contribution < 1.29 is 81.3 Å². The smallest absolute Gasteiger partial charge is 0.316 e. The van der Waals surface area contributed by atoms with Crippen LogP contribution >= 0.6 is 0 Å². The molecule has 0 radical (unpaired) electrons. The number of likely N-dealkylation sites (N-methyl/N-ethyl adjacent to an activating group) is 2. The number of hydrogen-bond donors (Lipinski definition) is 7. The van der Waals surface area contributed by atoms with E-state index < -0.39 is 149 Å². The van der Waals surface area contributed by atoms with Gasteiger partial charge in [-0.15, -0.1) is 0 Å². The quantitative estimate of drug-likeness (QED) is 0.125. The van der Waals surface area contributed by atoms with Crippen molar-refractivity contribution in [1.29, 1.82) is 0 Å². The summed E-state index contributed by atoms with van der Waals surface area (Å²) >= 11 is 0. The third-order valence-corrected chi connectivity index (χ3v) is 16.7. The molecule has 1 amide bonds. The summed E-state index contributed by atoms with van der Waals surface area (Å²) in [5.41, 5.74) is -4.57. The molecule has 3 aliphatic heterocycles. The lowest BCUT2D eigenvalue weighted by atomic mass is 9.68. The van der Waals surface area contributed by atoms with Crippen molar-refractivity contribution in [2.75, 3.05) is 41.0 Å². The Hall–Kier alpha value is -2.38. The number of halogens is 3. The molecule has 21 heteroatoms. The number of carbonyl (C=O) groups excluding carboxylic acids is 2. The van der Waals surface area contributed by atoms with Gasteiger partial charge >= 0.3 is 11.7 Å². The first-order valence-electron chi connectivity index (χ1n) is 24.9. The highest BCUT2D eigenvalue weighted by Crippen LogP contribution is 2.45. The van der Waals surface area contributed by atoms with E-state index in [2.05, 4.69) is 5.32 Å². The maximum atomic E-state index is 14.6. The van der Waals surface area contributed by atoms with Crippen LogP contribution in [-0.4, -0.2) is 193 Å². The highest BCUT2D eigenvalue weighted by molar-refractivity contribution is 7.85. The fourth-order valence-electron chi connectivity index (χ4n) is 11.3. The number of nitrogens with zero attached hydrogens (tertiary/aromatic N) is 2. The summed E-state index contributed by atoms with van der Waals surface area (Å²) in [5.74, 6) is -7.30. The summed E-state index contributed by atoms with van der Waals surface area (Å²) in [6.07, 6.45) is -10.5. The molecule has 71 heavy (non-hydrogen) atoms. The number of cyclic esters (lactones) is 1. The lowest BCUT2D eigenvalue weighted by Gasteiger charge is -2.51. The van der Waals surface area contributed by atoms with Gasteiger partial charge in [-0.1, -0.05) is 39.8 Å². The number of nitrogens with one attached hydrogen (secondary N) is 1. The second kappa shape index (κ2) is 25.4. The normalized spacial score (nSPS) is 40.8. The summed E-state index contributed by atoms with van der Waals surface area (Å²) in [5, 5.41) is 73.1. The molecule has 0 aromatic heterocycles. The predicted octanol–water partition coefficient (Wildman–Crippen LogP) is 3.45. The number of methoxy groups -OCH3 is 1. The molecule has 4 rings (SSSR count). The monoisotopic (exact) mass is 1040 g/mol. The van der Waals surface area contributed by atoms with Gasteiger partial charge in [-0.05, 0) is 104 Å².